The van der Waals surface area contributed by atoms with Crippen molar-refractivity contribution in [3.8, 4) is 73.0 Å². The molecule has 0 saturated heterocycles. The molecule has 71 heavy (non-hydrogen) atoms. The van der Waals surface area contributed by atoms with Gasteiger partial charge in [-0.25, -0.2) is 4.98 Å². The summed E-state index contributed by atoms with van der Waals surface area (Å²) in [4.78, 5) is 15.4. The van der Waals surface area contributed by atoms with Crippen LogP contribution in [0.15, 0.2) is 237 Å². The number of nitrogens with zero attached hydrogens (tertiary/aromatic N) is 4. The molecule has 0 spiro atoms. The summed E-state index contributed by atoms with van der Waals surface area (Å²) in [5, 5.41) is 7.37. The maximum Gasteiger partial charge on any atom is 0.226 e. The van der Waals surface area contributed by atoms with Crippen molar-refractivity contribution in [2.75, 3.05) is 0 Å². The first-order chi connectivity index (χ1) is 35.1. The van der Waals surface area contributed by atoms with Gasteiger partial charge in [0.1, 0.15) is 0 Å². The normalized spacial score (nSPS) is 13.0. The second-order valence-corrected chi connectivity index (χ2v) is 19.2. The Kier molecular flexibility index (Phi) is 8.60. The second-order valence-electron chi connectivity index (χ2n) is 18.8. The van der Waals surface area contributed by atoms with Gasteiger partial charge in [-0.05, 0) is 126 Å². The molecule has 0 saturated carbocycles. The molecule has 1 aliphatic heterocycles. The molecule has 15 rings (SSSR count). The van der Waals surface area contributed by atoms with Crippen LogP contribution in [-0.4, -0.2) is 19.5 Å². The zero-order valence-corrected chi connectivity index (χ0v) is 38.9. The molecule has 11 aromatic carbocycles. The summed E-state index contributed by atoms with van der Waals surface area (Å²) in [7, 11) is 0. The molecule has 13 aromatic rings. The average Bonchev–Trinajstić information content (AvgIpc) is 3.90. The summed E-state index contributed by atoms with van der Waals surface area (Å²) in [6, 6.07) is 86.1. The zero-order valence-electron chi connectivity index (χ0n) is 38.2. The van der Waals surface area contributed by atoms with E-state index in [-0.39, 0.29) is 5.28 Å². The minimum absolute atomic E-state index is 0.132. The molecule has 0 atom stereocenters. The van der Waals surface area contributed by atoms with E-state index in [0.29, 0.717) is 11.6 Å². The molecule has 2 aliphatic rings. The third kappa shape index (κ3) is 5.83. The van der Waals surface area contributed by atoms with Crippen molar-refractivity contribution < 1.29 is 0 Å². The number of hydrogen-bond acceptors (Lipinski definition) is 3. The van der Waals surface area contributed by atoms with Gasteiger partial charge in [0, 0.05) is 38.6 Å². The van der Waals surface area contributed by atoms with Crippen LogP contribution in [0.4, 0.5) is 0 Å². The van der Waals surface area contributed by atoms with E-state index in [1.165, 1.54) is 71.2 Å². The van der Waals surface area contributed by atoms with Crippen LogP contribution in [0, 0.1) is 0 Å². The predicted molar refractivity (Wildman–Crippen MR) is 292 cm³/mol. The van der Waals surface area contributed by atoms with E-state index < -0.39 is 5.41 Å². The third-order valence-corrected chi connectivity index (χ3v) is 15.3. The summed E-state index contributed by atoms with van der Waals surface area (Å²) in [5.74, 6) is 1.02. The van der Waals surface area contributed by atoms with Crippen molar-refractivity contribution in [1.82, 2.24) is 19.5 Å². The highest BCUT2D eigenvalue weighted by Crippen LogP contribution is 2.64. The monoisotopic (exact) mass is 922 g/mol. The van der Waals surface area contributed by atoms with Gasteiger partial charge < -0.3 is 4.57 Å². The van der Waals surface area contributed by atoms with Crippen molar-refractivity contribution >= 4 is 55.0 Å². The molecule has 0 amide bonds. The molecule has 3 heterocycles. The van der Waals surface area contributed by atoms with E-state index in [2.05, 4.69) is 229 Å². The van der Waals surface area contributed by atoms with Crippen molar-refractivity contribution in [2.24, 2.45) is 0 Å². The minimum Gasteiger partial charge on any atom is -0.308 e. The van der Waals surface area contributed by atoms with Gasteiger partial charge in [0.2, 0.25) is 5.28 Å². The molecule has 0 radical (unpaired) electrons. The zero-order chi connectivity index (χ0) is 46.8. The molecule has 0 N–H and O–H groups in total. The number of halogens is 1. The van der Waals surface area contributed by atoms with Crippen LogP contribution in [0.5, 0.6) is 0 Å². The van der Waals surface area contributed by atoms with Crippen molar-refractivity contribution in [2.45, 2.75) is 5.41 Å². The Labute approximate surface area is 414 Å². The van der Waals surface area contributed by atoms with E-state index in [1.54, 1.807) is 0 Å². The van der Waals surface area contributed by atoms with Crippen LogP contribution in [0.2, 0.25) is 5.28 Å². The van der Waals surface area contributed by atoms with Crippen LogP contribution < -0.4 is 0 Å². The van der Waals surface area contributed by atoms with Crippen LogP contribution in [0.25, 0.3) is 116 Å². The number of para-hydroxylation sites is 2. The maximum absolute atomic E-state index is 7.14. The lowest BCUT2D eigenvalue weighted by Gasteiger charge is -2.35. The van der Waals surface area contributed by atoms with Gasteiger partial charge in [0.15, 0.2) is 11.6 Å². The first-order valence-corrected chi connectivity index (χ1v) is 24.5. The first kappa shape index (κ1) is 40.0. The van der Waals surface area contributed by atoms with Gasteiger partial charge in [-0.15, -0.1) is 0 Å². The average molecular weight is 924 g/mol. The van der Waals surface area contributed by atoms with Crippen molar-refractivity contribution in [3.63, 3.8) is 0 Å². The highest BCUT2D eigenvalue weighted by molar-refractivity contribution is 6.28. The summed E-state index contributed by atoms with van der Waals surface area (Å²) in [6.07, 6.45) is 0. The van der Waals surface area contributed by atoms with Crippen LogP contribution >= 0.6 is 11.6 Å². The molecule has 5 heteroatoms. The Morgan fingerprint density at radius 3 is 1.59 bits per heavy atom. The molecular weight excluding hydrogens is 884 g/mol. The van der Waals surface area contributed by atoms with Gasteiger partial charge >= 0.3 is 0 Å². The van der Waals surface area contributed by atoms with Crippen LogP contribution in [0.1, 0.15) is 22.3 Å². The number of hydrogen-bond donors (Lipinski definition) is 0. The third-order valence-electron chi connectivity index (χ3n) is 15.1. The van der Waals surface area contributed by atoms with E-state index >= 15 is 0 Å². The van der Waals surface area contributed by atoms with E-state index in [1.807, 2.05) is 12.1 Å². The first-order valence-electron chi connectivity index (χ1n) is 24.1. The SMILES string of the molecule is Clc1nc(-c2cc(-c3ccccc3)cc(-c3ccccc3)c2)nc(-c2ccc3c4c2-c2ccccc2-n2c5ccccc5c5ccc(c-4c52)C3(c2ccc3ccccc3c2)c2ccc3ccccc3c2)n1. The summed E-state index contributed by atoms with van der Waals surface area (Å²) >= 11 is 7.14. The fourth-order valence-electron chi connectivity index (χ4n) is 12.1. The van der Waals surface area contributed by atoms with Gasteiger partial charge in [-0.3, -0.25) is 0 Å². The molecular formula is C66H39ClN4. The van der Waals surface area contributed by atoms with Gasteiger partial charge in [-0.1, -0.05) is 194 Å². The predicted octanol–water partition coefficient (Wildman–Crippen LogP) is 16.9. The fourth-order valence-corrected chi connectivity index (χ4v) is 12.3. The van der Waals surface area contributed by atoms with E-state index in [9.17, 15) is 0 Å². The quantitative estimate of drug-likeness (QED) is 0.167. The number of benzene rings is 11. The standard InChI is InChI=1S/C66H39ClN4/c67-65-69-63(48-36-46(40-15-3-1-4-16-40)35-47(37-48)41-17-5-2-6-18-41)68-64(70-65)54-32-34-55-60-59(54)53-24-12-14-26-58(53)71-57-25-13-11-23-51(57)52-31-33-56(61(60)62(52)71)66(55,49-29-27-42-19-7-9-21-44(42)38-49)50-30-28-43-20-8-10-22-45(43)39-50/h1-39H. The number of rotatable bonds is 6. The lowest BCUT2D eigenvalue weighted by molar-refractivity contribution is 0.772. The number of aromatic nitrogens is 4. The smallest absolute Gasteiger partial charge is 0.226 e. The second kappa shape index (κ2) is 15.3. The molecule has 2 aromatic heterocycles. The molecule has 4 nitrogen and oxygen atoms in total. The molecule has 1 aliphatic carbocycles. The van der Waals surface area contributed by atoms with Gasteiger partial charge in [0.25, 0.3) is 0 Å². The minimum atomic E-state index is -0.721. The maximum atomic E-state index is 7.14. The summed E-state index contributed by atoms with van der Waals surface area (Å²) in [5.41, 5.74) is 18.2. The van der Waals surface area contributed by atoms with Gasteiger partial charge in [-0.2, -0.15) is 9.97 Å². The summed E-state index contributed by atoms with van der Waals surface area (Å²) in [6.45, 7) is 0. The summed E-state index contributed by atoms with van der Waals surface area (Å²) < 4.78 is 2.51. The lowest BCUT2D eigenvalue weighted by atomic mass is 9.66. The van der Waals surface area contributed by atoms with Crippen LogP contribution in [0.3, 0.4) is 0 Å². The Hall–Kier alpha value is -8.96. The fraction of sp³-hybridized carbons (Fsp3) is 0.0152. The lowest BCUT2D eigenvalue weighted by Crippen LogP contribution is -2.28. The van der Waals surface area contributed by atoms with Crippen LogP contribution in [-0.2, 0) is 5.41 Å². The Balaban J connectivity index is 1.07. The van der Waals surface area contributed by atoms with Crippen molar-refractivity contribution in [1.29, 1.82) is 0 Å². The Bertz CT molecular complexity index is 4230. The number of fused-ring (bicyclic) bond motifs is 8. The Morgan fingerprint density at radius 1 is 0.352 bits per heavy atom. The highest BCUT2D eigenvalue weighted by Gasteiger charge is 2.50. The van der Waals surface area contributed by atoms with Gasteiger partial charge in [0.05, 0.1) is 22.1 Å². The molecule has 330 valence electrons. The molecule has 0 bridgehead atoms. The molecule has 0 unspecified atom stereocenters. The largest absolute Gasteiger partial charge is 0.308 e. The molecule has 0 fully saturated rings. The van der Waals surface area contributed by atoms with Crippen molar-refractivity contribution in [3.05, 3.63) is 264 Å². The topological polar surface area (TPSA) is 43.6 Å². The highest BCUT2D eigenvalue weighted by atomic mass is 35.5. The van der Waals surface area contributed by atoms with E-state index in [0.717, 1.165) is 55.7 Å². The van der Waals surface area contributed by atoms with E-state index in [4.69, 9.17) is 26.6 Å². The Morgan fingerprint density at radius 2 is 0.901 bits per heavy atom.